The van der Waals surface area contributed by atoms with Crippen molar-refractivity contribution in [2.75, 3.05) is 30.4 Å². The van der Waals surface area contributed by atoms with Crippen LogP contribution in [0.2, 0.25) is 0 Å². The number of rotatable bonds is 6. The van der Waals surface area contributed by atoms with Crippen LogP contribution in [0.4, 0.5) is 17.3 Å². The molecule has 19 heavy (non-hydrogen) atoms. The van der Waals surface area contributed by atoms with Gasteiger partial charge in [0.05, 0.1) is 10.5 Å². The predicted molar refractivity (Wildman–Crippen MR) is 72.4 cm³/mol. The first kappa shape index (κ1) is 15.1. The van der Waals surface area contributed by atoms with E-state index in [1.165, 1.54) is 6.33 Å². The summed E-state index contributed by atoms with van der Waals surface area (Å²) in [6.45, 7) is 5.86. The first-order chi connectivity index (χ1) is 8.80. The molecule has 0 aliphatic heterocycles. The van der Waals surface area contributed by atoms with Crippen molar-refractivity contribution < 1.29 is 10.0 Å². The third-order valence-electron chi connectivity index (χ3n) is 2.48. The Hall–Kier alpha value is -1.96. The van der Waals surface area contributed by atoms with Crippen LogP contribution in [0.1, 0.15) is 20.8 Å². The molecule has 0 unspecified atom stereocenters. The molecule has 0 aromatic carbocycles. The average Bonchev–Trinajstić information content (AvgIpc) is 2.33. The van der Waals surface area contributed by atoms with E-state index in [4.69, 9.17) is 0 Å². The summed E-state index contributed by atoms with van der Waals surface area (Å²) in [5, 5.41) is 23.7. The Morgan fingerprint density at radius 3 is 2.58 bits per heavy atom. The number of hydrogen-bond donors (Lipinski definition) is 2. The first-order valence-electron chi connectivity index (χ1n) is 5.94. The van der Waals surface area contributed by atoms with Crippen LogP contribution in [-0.4, -0.2) is 45.7 Å². The molecular weight excluding hydrogens is 250 g/mol. The van der Waals surface area contributed by atoms with Crippen molar-refractivity contribution in [3.05, 3.63) is 16.4 Å². The Kier molecular flexibility index (Phi) is 4.60. The number of aromatic nitrogens is 2. The lowest BCUT2D eigenvalue weighted by Crippen LogP contribution is -2.39. The van der Waals surface area contributed by atoms with Crippen molar-refractivity contribution in [1.29, 1.82) is 0 Å². The molecule has 0 fully saturated rings. The molecule has 0 aliphatic rings. The van der Waals surface area contributed by atoms with Gasteiger partial charge in [0.15, 0.2) is 0 Å². The second-order valence-electron chi connectivity index (χ2n) is 4.73. The Morgan fingerprint density at radius 2 is 2.16 bits per heavy atom. The zero-order chi connectivity index (χ0) is 14.6. The van der Waals surface area contributed by atoms with Crippen LogP contribution in [-0.2, 0) is 0 Å². The summed E-state index contributed by atoms with van der Waals surface area (Å²) >= 11 is 0. The molecule has 0 spiro atoms. The fourth-order valence-electron chi connectivity index (χ4n) is 1.76. The normalized spacial score (nSPS) is 11.2. The van der Waals surface area contributed by atoms with Gasteiger partial charge in [-0.1, -0.05) is 0 Å². The quantitative estimate of drug-likeness (QED) is 0.587. The van der Waals surface area contributed by atoms with Gasteiger partial charge in [-0.05, 0) is 20.8 Å². The maximum atomic E-state index is 11.2. The van der Waals surface area contributed by atoms with Crippen LogP contribution >= 0.6 is 0 Å². The van der Waals surface area contributed by atoms with Crippen LogP contribution in [0.3, 0.4) is 0 Å². The summed E-state index contributed by atoms with van der Waals surface area (Å²) in [6.07, 6.45) is 1.27. The average molecular weight is 269 g/mol. The highest BCUT2D eigenvalue weighted by Crippen LogP contribution is 2.31. The van der Waals surface area contributed by atoms with Gasteiger partial charge >= 0.3 is 5.69 Å². The second kappa shape index (κ2) is 5.79. The van der Waals surface area contributed by atoms with Crippen LogP contribution in [0.5, 0.6) is 0 Å². The number of nitrogens with one attached hydrogen (secondary N) is 1. The first-order valence-corrected chi connectivity index (χ1v) is 5.94. The summed E-state index contributed by atoms with van der Waals surface area (Å²) in [5.41, 5.74) is -1.16. The van der Waals surface area contributed by atoms with Crippen LogP contribution in [0.15, 0.2) is 6.33 Å². The molecule has 1 heterocycles. The van der Waals surface area contributed by atoms with Crippen LogP contribution in [0.25, 0.3) is 0 Å². The molecule has 106 valence electrons. The number of aliphatic hydroxyl groups is 1. The summed E-state index contributed by atoms with van der Waals surface area (Å²) in [5.74, 6) is 0.359. The molecule has 8 heteroatoms. The SMILES string of the molecule is CCN(CC(C)(C)O)c1ncnc(NC)c1[N+](=O)[O-]. The zero-order valence-electron chi connectivity index (χ0n) is 11.5. The smallest absolute Gasteiger partial charge is 0.353 e. The highest BCUT2D eigenvalue weighted by atomic mass is 16.6. The molecule has 0 atom stereocenters. The van der Waals surface area contributed by atoms with Crippen molar-refractivity contribution in [2.45, 2.75) is 26.4 Å². The van der Waals surface area contributed by atoms with E-state index in [9.17, 15) is 15.2 Å². The molecule has 0 saturated carbocycles. The van der Waals surface area contributed by atoms with Crippen molar-refractivity contribution >= 4 is 17.3 Å². The van der Waals surface area contributed by atoms with E-state index >= 15 is 0 Å². The van der Waals surface area contributed by atoms with E-state index in [1.807, 2.05) is 6.92 Å². The van der Waals surface area contributed by atoms with Crippen molar-refractivity contribution in [2.24, 2.45) is 0 Å². The Labute approximate surface area is 111 Å². The molecule has 8 nitrogen and oxygen atoms in total. The van der Waals surface area contributed by atoms with Gasteiger partial charge in [-0.15, -0.1) is 0 Å². The predicted octanol–water partition coefficient (Wildman–Crippen LogP) is 1.02. The molecule has 0 radical (unpaired) electrons. The Balaban J connectivity index is 3.27. The largest absolute Gasteiger partial charge is 0.389 e. The lowest BCUT2D eigenvalue weighted by Gasteiger charge is -2.28. The number of nitro groups is 1. The van der Waals surface area contributed by atoms with Gasteiger partial charge in [-0.2, -0.15) is 0 Å². The monoisotopic (exact) mass is 269 g/mol. The van der Waals surface area contributed by atoms with Crippen LogP contribution in [0, 0.1) is 10.1 Å². The summed E-state index contributed by atoms with van der Waals surface area (Å²) in [4.78, 5) is 20.1. The van der Waals surface area contributed by atoms with Gasteiger partial charge in [0, 0.05) is 20.1 Å². The number of hydrogen-bond acceptors (Lipinski definition) is 7. The van der Waals surface area contributed by atoms with Gasteiger partial charge in [-0.25, -0.2) is 9.97 Å². The van der Waals surface area contributed by atoms with Gasteiger partial charge in [-0.3, -0.25) is 10.1 Å². The van der Waals surface area contributed by atoms with Crippen LogP contribution < -0.4 is 10.2 Å². The third kappa shape index (κ3) is 3.75. The number of nitrogens with zero attached hydrogens (tertiary/aromatic N) is 4. The Bertz CT molecular complexity index is 458. The molecule has 1 rings (SSSR count). The maximum absolute atomic E-state index is 11.2. The van der Waals surface area contributed by atoms with Crippen molar-refractivity contribution in [3.8, 4) is 0 Å². The molecule has 0 amide bonds. The van der Waals surface area contributed by atoms with Gasteiger partial charge in [0.1, 0.15) is 6.33 Å². The third-order valence-corrected chi connectivity index (χ3v) is 2.48. The second-order valence-corrected chi connectivity index (χ2v) is 4.73. The van der Waals surface area contributed by atoms with Gasteiger partial charge < -0.3 is 15.3 Å². The fourth-order valence-corrected chi connectivity index (χ4v) is 1.76. The zero-order valence-corrected chi connectivity index (χ0v) is 11.5. The van der Waals surface area contributed by atoms with E-state index in [0.717, 1.165) is 0 Å². The van der Waals surface area contributed by atoms with E-state index in [0.29, 0.717) is 6.54 Å². The van der Waals surface area contributed by atoms with E-state index < -0.39 is 10.5 Å². The standard InChI is InChI=1S/C11H19N5O3/c1-5-15(6-11(2,3)17)10-8(16(18)19)9(12-4)13-7-14-10/h7,17H,5-6H2,1-4H3,(H,12,13,14). The number of likely N-dealkylation sites (N-methyl/N-ethyl adjacent to an activating group) is 1. The Morgan fingerprint density at radius 1 is 1.53 bits per heavy atom. The molecule has 0 aliphatic carbocycles. The minimum absolute atomic E-state index is 0.157. The molecule has 0 bridgehead atoms. The van der Waals surface area contributed by atoms with E-state index in [-0.39, 0.29) is 23.9 Å². The van der Waals surface area contributed by atoms with Gasteiger partial charge in [0.2, 0.25) is 11.6 Å². The lowest BCUT2D eigenvalue weighted by molar-refractivity contribution is -0.383. The minimum Gasteiger partial charge on any atom is -0.389 e. The topological polar surface area (TPSA) is 104 Å². The molecule has 1 aromatic rings. The molecular formula is C11H19N5O3. The molecule has 1 aromatic heterocycles. The highest BCUT2D eigenvalue weighted by molar-refractivity contribution is 5.70. The lowest BCUT2D eigenvalue weighted by atomic mass is 10.1. The van der Waals surface area contributed by atoms with Gasteiger partial charge in [0.25, 0.3) is 0 Å². The highest BCUT2D eigenvalue weighted by Gasteiger charge is 2.28. The van der Waals surface area contributed by atoms with E-state index in [2.05, 4.69) is 15.3 Å². The number of anilines is 2. The summed E-state index contributed by atoms with van der Waals surface area (Å²) < 4.78 is 0. The van der Waals surface area contributed by atoms with E-state index in [1.54, 1.807) is 25.8 Å². The summed E-state index contributed by atoms with van der Waals surface area (Å²) in [6, 6.07) is 0. The maximum Gasteiger partial charge on any atom is 0.353 e. The fraction of sp³-hybridized carbons (Fsp3) is 0.636. The molecule has 2 N–H and O–H groups in total. The van der Waals surface area contributed by atoms with Crippen molar-refractivity contribution in [1.82, 2.24) is 9.97 Å². The summed E-state index contributed by atoms with van der Waals surface area (Å²) in [7, 11) is 1.56. The minimum atomic E-state index is -0.978. The van der Waals surface area contributed by atoms with Crippen molar-refractivity contribution in [3.63, 3.8) is 0 Å². The molecule has 0 saturated heterocycles.